The minimum Gasteiger partial charge on any atom is -0.479 e. The number of carboxylic acid groups (broad SMARTS) is 1. The van der Waals surface area contributed by atoms with Crippen LogP contribution in [0.1, 0.15) is 53.9 Å². The van der Waals surface area contributed by atoms with Gasteiger partial charge >= 0.3 is 11.9 Å². The molecule has 1 atom stereocenters. The predicted octanol–water partition coefficient (Wildman–Crippen LogP) is 0.680. The molecule has 0 aliphatic carbocycles. The second kappa shape index (κ2) is 11.5. The summed E-state index contributed by atoms with van der Waals surface area (Å²) in [7, 11) is -3.99. The van der Waals surface area contributed by atoms with Gasteiger partial charge in [0.2, 0.25) is 5.91 Å². The highest BCUT2D eigenvalue weighted by molar-refractivity contribution is 7.86. The van der Waals surface area contributed by atoms with Crippen molar-refractivity contribution in [1.82, 2.24) is 5.32 Å². The first-order chi connectivity index (χ1) is 13.1. The predicted molar refractivity (Wildman–Crippen MR) is 104 cm³/mol. The van der Waals surface area contributed by atoms with E-state index in [9.17, 15) is 33.0 Å². The van der Waals surface area contributed by atoms with Gasteiger partial charge in [-0.2, -0.15) is 8.42 Å². The van der Waals surface area contributed by atoms with Gasteiger partial charge in [-0.05, 0) is 12.3 Å². The largest absolute Gasteiger partial charge is 0.479 e. The minimum absolute atomic E-state index is 0.0709. The zero-order valence-corrected chi connectivity index (χ0v) is 18.5. The molecule has 0 spiro atoms. The SMILES string of the molecule is CC(=O)NCCCS(=O)(=O)OCC(C)(C)[C@](O)(CCOC(=O)CC(C)C)C(=O)O. The number of carbonyl (C=O) groups is 3. The number of amides is 1. The van der Waals surface area contributed by atoms with Gasteiger partial charge in [0.15, 0.2) is 5.60 Å². The lowest BCUT2D eigenvalue weighted by Crippen LogP contribution is -2.54. The van der Waals surface area contributed by atoms with Crippen molar-refractivity contribution in [3.05, 3.63) is 0 Å². The molecule has 29 heavy (non-hydrogen) atoms. The summed E-state index contributed by atoms with van der Waals surface area (Å²) in [6.07, 6.45) is -0.142. The Morgan fingerprint density at radius 3 is 2.24 bits per heavy atom. The molecule has 0 fully saturated rings. The van der Waals surface area contributed by atoms with Crippen molar-refractivity contribution in [2.24, 2.45) is 11.3 Å². The normalized spacial score (nSPS) is 14.3. The highest BCUT2D eigenvalue weighted by Crippen LogP contribution is 2.35. The molecule has 170 valence electrons. The Kier molecular flexibility index (Phi) is 10.8. The number of carboxylic acids is 1. The van der Waals surface area contributed by atoms with Crippen LogP contribution >= 0.6 is 0 Å². The Morgan fingerprint density at radius 2 is 1.76 bits per heavy atom. The molecule has 0 bridgehead atoms. The maximum absolute atomic E-state index is 12.0. The van der Waals surface area contributed by atoms with Crippen LogP contribution in [0.4, 0.5) is 0 Å². The molecular formula is C18H33NO9S. The number of rotatable bonds is 14. The third kappa shape index (κ3) is 10.0. The first kappa shape index (κ1) is 27.3. The maximum atomic E-state index is 12.0. The van der Waals surface area contributed by atoms with Gasteiger partial charge in [0.25, 0.3) is 10.1 Å². The van der Waals surface area contributed by atoms with Crippen molar-refractivity contribution >= 4 is 28.0 Å². The van der Waals surface area contributed by atoms with Gasteiger partial charge in [-0.1, -0.05) is 27.7 Å². The fourth-order valence-electron chi connectivity index (χ4n) is 2.37. The van der Waals surface area contributed by atoms with Gasteiger partial charge in [-0.15, -0.1) is 0 Å². The van der Waals surface area contributed by atoms with E-state index >= 15 is 0 Å². The first-order valence-electron chi connectivity index (χ1n) is 9.36. The summed E-state index contributed by atoms with van der Waals surface area (Å²) in [6, 6.07) is 0. The van der Waals surface area contributed by atoms with Crippen LogP contribution in [0, 0.1) is 11.3 Å². The molecule has 11 heteroatoms. The van der Waals surface area contributed by atoms with Crippen molar-refractivity contribution in [2.45, 2.75) is 59.5 Å². The molecule has 10 nitrogen and oxygen atoms in total. The lowest BCUT2D eigenvalue weighted by atomic mass is 9.73. The summed E-state index contributed by atoms with van der Waals surface area (Å²) in [6.45, 7) is 6.90. The van der Waals surface area contributed by atoms with E-state index in [0.717, 1.165) is 0 Å². The van der Waals surface area contributed by atoms with Gasteiger partial charge in [-0.25, -0.2) is 4.79 Å². The van der Waals surface area contributed by atoms with Crippen molar-refractivity contribution in [1.29, 1.82) is 0 Å². The Balaban J connectivity index is 4.88. The number of hydrogen-bond acceptors (Lipinski definition) is 8. The van der Waals surface area contributed by atoms with Gasteiger partial charge < -0.3 is 20.3 Å². The molecule has 0 radical (unpaired) electrons. The molecule has 0 unspecified atom stereocenters. The average Bonchev–Trinajstić information content (AvgIpc) is 2.56. The monoisotopic (exact) mass is 439 g/mol. The van der Waals surface area contributed by atoms with Crippen LogP contribution < -0.4 is 5.32 Å². The second-order valence-electron chi connectivity index (χ2n) is 7.98. The lowest BCUT2D eigenvalue weighted by Gasteiger charge is -2.38. The van der Waals surface area contributed by atoms with E-state index in [4.69, 9.17) is 8.92 Å². The van der Waals surface area contributed by atoms with Gasteiger partial charge in [0.1, 0.15) is 0 Å². The lowest BCUT2D eigenvalue weighted by molar-refractivity contribution is -0.180. The fourth-order valence-corrected chi connectivity index (χ4v) is 3.46. The van der Waals surface area contributed by atoms with Crippen LogP contribution in [0.2, 0.25) is 0 Å². The Hall–Kier alpha value is -1.72. The number of hydrogen-bond donors (Lipinski definition) is 3. The van der Waals surface area contributed by atoms with E-state index < -0.39 is 46.1 Å². The standard InChI is InChI=1S/C18H33NO9S/c1-13(2)11-15(21)27-9-7-18(24,16(22)23)17(4,5)12-28-29(25,26)10-6-8-19-14(3)20/h13,24H,6-12H2,1-5H3,(H,19,20)(H,22,23)/t18-/m0/s1. The molecule has 0 rings (SSSR count). The molecule has 1 amide bonds. The quantitative estimate of drug-likeness (QED) is 0.201. The van der Waals surface area contributed by atoms with Crippen LogP contribution in [-0.2, 0) is 33.4 Å². The van der Waals surface area contributed by atoms with Crippen LogP contribution in [0.25, 0.3) is 0 Å². The van der Waals surface area contributed by atoms with Crippen molar-refractivity contribution < 1.29 is 41.9 Å². The minimum atomic E-state index is -3.99. The van der Waals surface area contributed by atoms with E-state index in [1.165, 1.54) is 20.8 Å². The third-order valence-electron chi connectivity index (χ3n) is 4.32. The molecule has 0 aromatic heterocycles. The Morgan fingerprint density at radius 1 is 1.17 bits per heavy atom. The molecule has 3 N–H and O–H groups in total. The van der Waals surface area contributed by atoms with E-state index in [0.29, 0.717) is 0 Å². The molecule has 0 heterocycles. The van der Waals surface area contributed by atoms with E-state index in [1.807, 2.05) is 13.8 Å². The molecule has 0 aliphatic heterocycles. The number of carbonyl (C=O) groups excluding carboxylic acids is 2. The Labute approximate surface area is 172 Å². The smallest absolute Gasteiger partial charge is 0.336 e. The molecule has 0 saturated heterocycles. The van der Waals surface area contributed by atoms with E-state index in [2.05, 4.69) is 5.32 Å². The summed E-state index contributed by atoms with van der Waals surface area (Å²) in [5.74, 6) is -2.67. The zero-order chi connectivity index (χ0) is 22.9. The molecular weight excluding hydrogens is 406 g/mol. The van der Waals surface area contributed by atoms with Gasteiger partial charge in [0.05, 0.1) is 19.0 Å². The molecule has 0 aromatic rings. The summed E-state index contributed by atoms with van der Waals surface area (Å²) < 4.78 is 33.9. The van der Waals surface area contributed by atoms with E-state index in [-0.39, 0.29) is 43.6 Å². The summed E-state index contributed by atoms with van der Waals surface area (Å²) in [5, 5.41) is 22.6. The van der Waals surface area contributed by atoms with Crippen LogP contribution in [0.3, 0.4) is 0 Å². The van der Waals surface area contributed by atoms with Crippen LogP contribution in [0.15, 0.2) is 0 Å². The summed E-state index contributed by atoms with van der Waals surface area (Å²) in [4.78, 5) is 34.1. The van der Waals surface area contributed by atoms with Gasteiger partial charge in [0, 0.05) is 31.7 Å². The topological polar surface area (TPSA) is 156 Å². The molecule has 0 aliphatic rings. The average molecular weight is 440 g/mol. The van der Waals surface area contributed by atoms with Crippen LogP contribution in [-0.4, -0.2) is 67.6 Å². The number of aliphatic hydroxyl groups is 1. The number of ether oxygens (including phenoxy) is 1. The summed E-state index contributed by atoms with van der Waals surface area (Å²) in [5.41, 5.74) is -3.88. The van der Waals surface area contributed by atoms with Crippen LogP contribution in [0.5, 0.6) is 0 Å². The highest BCUT2D eigenvalue weighted by atomic mass is 32.2. The highest BCUT2D eigenvalue weighted by Gasteiger charge is 2.50. The van der Waals surface area contributed by atoms with Crippen molar-refractivity contribution in [3.8, 4) is 0 Å². The Bertz CT molecular complexity index is 673. The zero-order valence-electron chi connectivity index (χ0n) is 17.7. The first-order valence-corrected chi connectivity index (χ1v) is 10.9. The fraction of sp³-hybridized carbons (Fsp3) is 0.833. The molecule has 0 saturated carbocycles. The van der Waals surface area contributed by atoms with E-state index in [1.54, 1.807) is 0 Å². The number of aliphatic carboxylic acids is 1. The van der Waals surface area contributed by atoms with Gasteiger partial charge in [-0.3, -0.25) is 13.8 Å². The third-order valence-corrected chi connectivity index (χ3v) is 5.59. The number of esters is 1. The molecule has 0 aromatic carbocycles. The summed E-state index contributed by atoms with van der Waals surface area (Å²) >= 11 is 0. The van der Waals surface area contributed by atoms with Crippen molar-refractivity contribution in [2.75, 3.05) is 25.5 Å². The second-order valence-corrected chi connectivity index (χ2v) is 9.74. The number of nitrogens with one attached hydrogen (secondary N) is 1. The maximum Gasteiger partial charge on any atom is 0.336 e. The van der Waals surface area contributed by atoms with Crippen molar-refractivity contribution in [3.63, 3.8) is 0 Å².